The monoisotopic (exact) mass is 490 g/mol. The Kier molecular flexibility index (Phi) is 6.53. The molecule has 2 amide bonds. The number of hydrogen-bond acceptors (Lipinski definition) is 6. The van der Waals surface area contributed by atoms with Gasteiger partial charge in [-0.05, 0) is 49.6 Å². The van der Waals surface area contributed by atoms with Crippen LogP contribution in [0.2, 0.25) is 0 Å². The third kappa shape index (κ3) is 4.86. The van der Waals surface area contributed by atoms with Crippen LogP contribution in [-0.2, 0) is 21.2 Å². The molecule has 4 rings (SSSR count). The molecule has 8 nitrogen and oxygen atoms in total. The molecule has 0 bridgehead atoms. The van der Waals surface area contributed by atoms with Gasteiger partial charge in [-0.2, -0.15) is 0 Å². The molecule has 0 aromatic heterocycles. The summed E-state index contributed by atoms with van der Waals surface area (Å²) in [6.45, 7) is 2.05. The molecular weight excluding hydrogens is 463 g/mol. The van der Waals surface area contributed by atoms with Gasteiger partial charge in [0, 0.05) is 17.7 Å². The number of methoxy groups -OCH3 is 1. The van der Waals surface area contributed by atoms with Gasteiger partial charge in [-0.1, -0.05) is 6.07 Å². The minimum absolute atomic E-state index is 0.0612. The van der Waals surface area contributed by atoms with Crippen molar-refractivity contribution in [2.75, 3.05) is 31.0 Å². The van der Waals surface area contributed by atoms with Crippen molar-refractivity contribution in [2.45, 2.75) is 32.4 Å². The van der Waals surface area contributed by atoms with Gasteiger partial charge in [-0.15, -0.1) is 0 Å². The lowest BCUT2D eigenvalue weighted by Crippen LogP contribution is -2.34. The molecule has 1 aliphatic heterocycles. The van der Waals surface area contributed by atoms with Crippen molar-refractivity contribution in [1.82, 2.24) is 4.90 Å². The fourth-order valence-electron chi connectivity index (χ4n) is 4.16. The zero-order valence-electron chi connectivity index (χ0n) is 19.3. The number of nitrogens with one attached hydrogen (secondary N) is 1. The second-order valence-electron chi connectivity index (χ2n) is 8.60. The van der Waals surface area contributed by atoms with Crippen molar-refractivity contribution in [3.63, 3.8) is 0 Å². The van der Waals surface area contributed by atoms with Crippen LogP contribution in [0.25, 0.3) is 0 Å². The van der Waals surface area contributed by atoms with Crippen LogP contribution in [0.15, 0.2) is 30.3 Å². The van der Waals surface area contributed by atoms with E-state index in [0.717, 1.165) is 19.1 Å². The lowest BCUT2D eigenvalue weighted by atomic mass is 10.1. The number of carbonyl (C=O) groups is 2. The molecule has 0 spiro atoms. The van der Waals surface area contributed by atoms with Crippen LogP contribution in [-0.4, -0.2) is 50.9 Å². The summed E-state index contributed by atoms with van der Waals surface area (Å²) in [5.41, 5.74) is 0.949. The summed E-state index contributed by atoms with van der Waals surface area (Å²) in [4.78, 5) is 27.2. The number of halogens is 1. The van der Waals surface area contributed by atoms with E-state index in [4.69, 9.17) is 9.47 Å². The molecular formula is C24H27FN2O6S. The van der Waals surface area contributed by atoms with Crippen LogP contribution in [0.3, 0.4) is 0 Å². The van der Waals surface area contributed by atoms with Crippen molar-refractivity contribution in [3.05, 3.63) is 52.8 Å². The molecule has 10 heteroatoms. The molecule has 1 saturated carbocycles. The first kappa shape index (κ1) is 24.0. The molecule has 1 aliphatic carbocycles. The summed E-state index contributed by atoms with van der Waals surface area (Å²) in [7, 11) is -2.04. The van der Waals surface area contributed by atoms with E-state index in [-0.39, 0.29) is 40.9 Å². The van der Waals surface area contributed by atoms with Crippen molar-refractivity contribution in [3.8, 4) is 11.5 Å². The second kappa shape index (κ2) is 9.25. The smallest absolute Gasteiger partial charge is 0.257 e. The highest BCUT2D eigenvalue weighted by Gasteiger charge is 2.39. The summed E-state index contributed by atoms with van der Waals surface area (Å²) in [6, 6.07) is 6.64. The van der Waals surface area contributed by atoms with E-state index in [1.807, 2.05) is 0 Å². The van der Waals surface area contributed by atoms with Gasteiger partial charge in [0.05, 0.1) is 43.3 Å². The Morgan fingerprint density at radius 2 is 1.97 bits per heavy atom. The number of benzene rings is 2. The molecule has 34 heavy (non-hydrogen) atoms. The molecule has 0 radical (unpaired) electrons. The van der Waals surface area contributed by atoms with Crippen LogP contribution in [0.5, 0.6) is 11.5 Å². The van der Waals surface area contributed by atoms with Crippen LogP contribution >= 0.6 is 0 Å². The fraction of sp³-hybridized carbons (Fsp3) is 0.417. The van der Waals surface area contributed by atoms with Crippen molar-refractivity contribution in [2.24, 2.45) is 5.92 Å². The first-order chi connectivity index (χ1) is 16.1. The van der Waals surface area contributed by atoms with E-state index in [1.165, 1.54) is 24.1 Å². The molecule has 0 saturated heterocycles. The van der Waals surface area contributed by atoms with Crippen molar-refractivity contribution >= 4 is 27.3 Å². The minimum Gasteiger partial charge on any atom is -0.493 e. The maximum Gasteiger partial charge on any atom is 0.257 e. The first-order valence-corrected chi connectivity index (χ1v) is 13.1. The predicted molar refractivity (Wildman–Crippen MR) is 124 cm³/mol. The van der Waals surface area contributed by atoms with Crippen molar-refractivity contribution < 1.29 is 31.9 Å². The van der Waals surface area contributed by atoms with Crippen LogP contribution in [0.4, 0.5) is 10.1 Å². The van der Waals surface area contributed by atoms with E-state index in [9.17, 15) is 22.4 Å². The maximum atomic E-state index is 14.7. The number of nitrogens with zero attached hydrogens (tertiary/aromatic N) is 1. The van der Waals surface area contributed by atoms with Gasteiger partial charge in [0.2, 0.25) is 5.91 Å². The first-order valence-electron chi connectivity index (χ1n) is 11.0. The topological polar surface area (TPSA) is 102 Å². The largest absolute Gasteiger partial charge is 0.493 e. The average molecular weight is 491 g/mol. The Balaban J connectivity index is 1.74. The number of anilines is 1. The number of fused-ring (bicyclic) bond motifs is 1. The molecule has 2 aromatic carbocycles. The minimum atomic E-state index is -3.53. The summed E-state index contributed by atoms with van der Waals surface area (Å²) < 4.78 is 50.3. The number of sulfone groups is 1. The van der Waals surface area contributed by atoms with Gasteiger partial charge in [0.25, 0.3) is 5.91 Å². The van der Waals surface area contributed by atoms with Crippen molar-refractivity contribution in [1.29, 1.82) is 0 Å². The quantitative estimate of drug-likeness (QED) is 0.579. The summed E-state index contributed by atoms with van der Waals surface area (Å²) in [5.74, 6) is -0.909. The highest BCUT2D eigenvalue weighted by atomic mass is 32.2. The number of amides is 2. The highest BCUT2D eigenvalue weighted by molar-refractivity contribution is 7.90. The average Bonchev–Trinajstić information content (AvgIpc) is 3.57. The lowest BCUT2D eigenvalue weighted by Gasteiger charge is -2.28. The summed E-state index contributed by atoms with van der Waals surface area (Å²) in [6.07, 6.45) is 2.65. The third-order valence-corrected chi connectivity index (χ3v) is 6.90. The number of ether oxygens (including phenoxy) is 2. The van der Waals surface area contributed by atoms with E-state index >= 15 is 0 Å². The van der Waals surface area contributed by atoms with E-state index in [2.05, 4.69) is 5.32 Å². The third-order valence-electron chi connectivity index (χ3n) is 5.97. The lowest BCUT2D eigenvalue weighted by molar-refractivity contribution is -0.117. The predicted octanol–water partition coefficient (Wildman–Crippen LogP) is 3.32. The molecule has 182 valence electrons. The van der Waals surface area contributed by atoms with Crippen LogP contribution < -0.4 is 14.8 Å². The second-order valence-corrected chi connectivity index (χ2v) is 10.8. The molecule has 0 unspecified atom stereocenters. The van der Waals surface area contributed by atoms with E-state index in [1.54, 1.807) is 25.1 Å². The Bertz CT molecular complexity index is 1240. The van der Waals surface area contributed by atoms with Gasteiger partial charge < -0.3 is 19.7 Å². The molecule has 2 aliphatic rings. The van der Waals surface area contributed by atoms with Gasteiger partial charge in [0.15, 0.2) is 11.5 Å². The number of rotatable bonds is 9. The highest BCUT2D eigenvalue weighted by Crippen LogP contribution is 2.40. The number of hydrogen-bond donors (Lipinski definition) is 1. The fourth-order valence-corrected chi connectivity index (χ4v) is 5.11. The summed E-state index contributed by atoms with van der Waals surface area (Å²) in [5, 5.41) is 2.74. The Morgan fingerprint density at radius 3 is 2.59 bits per heavy atom. The van der Waals surface area contributed by atoms with Gasteiger partial charge in [0.1, 0.15) is 15.7 Å². The normalized spacial score (nSPS) is 16.2. The molecule has 1 atom stereocenters. The Labute approximate surface area is 198 Å². The molecule has 1 fully saturated rings. The van der Waals surface area contributed by atoms with Gasteiger partial charge in [-0.25, -0.2) is 12.8 Å². The van der Waals surface area contributed by atoms with Crippen LogP contribution in [0.1, 0.15) is 47.3 Å². The van der Waals surface area contributed by atoms with Gasteiger partial charge in [-0.3, -0.25) is 9.59 Å². The molecule has 2 aromatic rings. The standard InChI is InChI=1S/C24H27FN2O6S/c1-4-33-21-11-15(7-10-20(21)32-2)19(13-34(3,30)31)27-12-16-17(25)8-9-18(22(16)24(27)29)26-23(28)14-5-6-14/h7-11,14,19H,4-6,12-13H2,1-3H3,(H,26,28)/t19-/m0/s1. The Hall–Kier alpha value is -3.14. The van der Waals surface area contributed by atoms with Crippen LogP contribution in [0, 0.1) is 11.7 Å². The number of carbonyl (C=O) groups excluding carboxylic acids is 2. The maximum absolute atomic E-state index is 14.7. The zero-order chi connectivity index (χ0) is 24.6. The zero-order valence-corrected chi connectivity index (χ0v) is 20.1. The Morgan fingerprint density at radius 1 is 1.24 bits per heavy atom. The summed E-state index contributed by atoms with van der Waals surface area (Å²) >= 11 is 0. The van der Waals surface area contributed by atoms with Gasteiger partial charge >= 0.3 is 0 Å². The molecule has 1 heterocycles. The SMILES string of the molecule is CCOc1cc([C@H](CS(C)(=O)=O)N2Cc3c(F)ccc(NC(=O)C4CC4)c3C2=O)ccc1OC. The molecule has 1 N–H and O–H groups in total. The van der Waals surface area contributed by atoms with E-state index in [0.29, 0.717) is 23.7 Å². The van der Waals surface area contributed by atoms with E-state index < -0.39 is 27.6 Å².